The van der Waals surface area contributed by atoms with Gasteiger partial charge < -0.3 is 15.4 Å². The van der Waals surface area contributed by atoms with Crippen molar-refractivity contribution in [1.82, 2.24) is 20.6 Å². The van der Waals surface area contributed by atoms with Crippen LogP contribution in [0.2, 0.25) is 0 Å². The Morgan fingerprint density at radius 1 is 0.933 bits per heavy atom. The number of rotatable bonds is 9. The van der Waals surface area contributed by atoms with Gasteiger partial charge >= 0.3 is 0 Å². The first-order valence-electron chi connectivity index (χ1n) is 9.87. The summed E-state index contributed by atoms with van der Waals surface area (Å²) < 4.78 is 5.80. The van der Waals surface area contributed by atoms with Crippen LogP contribution in [0.4, 0.5) is 0 Å². The number of aliphatic imine (C=N–C) groups is 1. The highest BCUT2D eigenvalue weighted by atomic mass is 127. The Bertz CT molecular complexity index is 890. The average molecular weight is 517 g/mol. The van der Waals surface area contributed by atoms with Crippen molar-refractivity contribution in [2.45, 2.75) is 26.5 Å². The van der Waals surface area contributed by atoms with Crippen LogP contribution in [0.5, 0.6) is 5.88 Å². The number of hydrogen-bond donors (Lipinski definition) is 2. The predicted molar refractivity (Wildman–Crippen MR) is 131 cm³/mol. The lowest BCUT2D eigenvalue weighted by molar-refractivity contribution is 0.293. The van der Waals surface area contributed by atoms with E-state index in [1.807, 2.05) is 66.9 Å². The summed E-state index contributed by atoms with van der Waals surface area (Å²) in [6.45, 7) is 4.67. The minimum absolute atomic E-state index is 0. The van der Waals surface area contributed by atoms with E-state index < -0.39 is 0 Å². The first-order valence-corrected chi connectivity index (χ1v) is 9.87. The normalized spacial score (nSPS) is 10.8. The summed E-state index contributed by atoms with van der Waals surface area (Å²) >= 11 is 0. The molecule has 0 amide bonds. The Kier molecular flexibility index (Phi) is 10.6. The third kappa shape index (κ3) is 8.36. The third-order valence-electron chi connectivity index (χ3n) is 4.19. The van der Waals surface area contributed by atoms with E-state index in [0.29, 0.717) is 19.0 Å². The fourth-order valence-electron chi connectivity index (χ4n) is 2.73. The number of benzene rings is 1. The van der Waals surface area contributed by atoms with Gasteiger partial charge in [-0.3, -0.25) is 4.98 Å². The van der Waals surface area contributed by atoms with E-state index in [4.69, 9.17) is 4.74 Å². The molecule has 0 fully saturated rings. The Morgan fingerprint density at radius 2 is 1.77 bits per heavy atom. The molecule has 2 aromatic heterocycles. The fraction of sp³-hybridized carbons (Fsp3) is 0.261. The second-order valence-corrected chi connectivity index (χ2v) is 6.47. The van der Waals surface area contributed by atoms with E-state index in [2.05, 4.69) is 32.5 Å². The zero-order chi connectivity index (χ0) is 20.2. The van der Waals surface area contributed by atoms with Crippen molar-refractivity contribution in [3.8, 4) is 5.88 Å². The van der Waals surface area contributed by atoms with Crippen LogP contribution in [0.15, 0.2) is 78.0 Å². The second-order valence-electron chi connectivity index (χ2n) is 6.47. The smallest absolute Gasteiger partial charge is 0.213 e. The molecule has 0 aliphatic rings. The maximum Gasteiger partial charge on any atom is 0.213 e. The highest BCUT2D eigenvalue weighted by Crippen LogP contribution is 2.12. The summed E-state index contributed by atoms with van der Waals surface area (Å²) in [5.74, 6) is 1.39. The van der Waals surface area contributed by atoms with E-state index in [-0.39, 0.29) is 24.0 Å². The number of pyridine rings is 2. The molecule has 0 spiro atoms. The van der Waals surface area contributed by atoms with Crippen molar-refractivity contribution in [2.24, 2.45) is 4.99 Å². The Labute approximate surface area is 195 Å². The van der Waals surface area contributed by atoms with E-state index in [0.717, 1.165) is 42.3 Å². The van der Waals surface area contributed by atoms with Crippen LogP contribution in [0.1, 0.15) is 23.7 Å². The number of halogens is 1. The Morgan fingerprint density at radius 3 is 2.53 bits per heavy atom. The molecule has 3 aromatic rings. The van der Waals surface area contributed by atoms with E-state index in [1.54, 1.807) is 6.20 Å². The number of aromatic nitrogens is 2. The molecule has 30 heavy (non-hydrogen) atoms. The minimum Gasteiger partial charge on any atom is -0.473 e. The van der Waals surface area contributed by atoms with Crippen molar-refractivity contribution in [3.63, 3.8) is 0 Å². The number of ether oxygens (including phenoxy) is 1. The van der Waals surface area contributed by atoms with Crippen molar-refractivity contribution in [2.75, 3.05) is 13.1 Å². The quantitative estimate of drug-likeness (QED) is 0.256. The molecule has 2 N–H and O–H groups in total. The highest BCUT2D eigenvalue weighted by Gasteiger charge is 2.02. The van der Waals surface area contributed by atoms with Gasteiger partial charge in [-0.15, -0.1) is 24.0 Å². The number of guanidine groups is 1. The molecular formula is C23H28IN5O. The van der Waals surface area contributed by atoms with Crippen LogP contribution >= 0.6 is 24.0 Å². The van der Waals surface area contributed by atoms with Gasteiger partial charge in [0.1, 0.15) is 6.61 Å². The molecule has 0 aliphatic carbocycles. The molecule has 2 heterocycles. The van der Waals surface area contributed by atoms with E-state index in [9.17, 15) is 0 Å². The standard InChI is InChI=1S/C23H27N5O.HI/c1-2-24-23(27-15-12-21-10-6-7-13-25-21)28-17-20-11-14-26-22(16-20)29-18-19-8-4-3-5-9-19;/h3-11,13-14,16H,2,12,15,17-18H2,1H3,(H2,24,27,28);1H. The van der Waals surface area contributed by atoms with Crippen LogP contribution in [0.3, 0.4) is 0 Å². The SMILES string of the molecule is CCNC(=NCc1ccnc(OCc2ccccc2)c1)NCCc1ccccn1.I. The Hall–Kier alpha value is -2.68. The van der Waals surface area contributed by atoms with Gasteiger partial charge in [-0.1, -0.05) is 36.4 Å². The topological polar surface area (TPSA) is 71.4 Å². The van der Waals surface area contributed by atoms with Crippen LogP contribution in [0.25, 0.3) is 0 Å². The minimum atomic E-state index is 0. The van der Waals surface area contributed by atoms with E-state index in [1.165, 1.54) is 0 Å². The van der Waals surface area contributed by atoms with Gasteiger partial charge in [0.25, 0.3) is 0 Å². The number of nitrogens with one attached hydrogen (secondary N) is 2. The van der Waals surface area contributed by atoms with E-state index >= 15 is 0 Å². The van der Waals surface area contributed by atoms with Gasteiger partial charge in [0, 0.05) is 43.7 Å². The van der Waals surface area contributed by atoms with Crippen molar-refractivity contribution >= 4 is 29.9 Å². The average Bonchev–Trinajstić information content (AvgIpc) is 2.78. The molecule has 0 unspecified atom stereocenters. The molecule has 0 saturated heterocycles. The molecule has 158 valence electrons. The van der Waals surface area contributed by atoms with Crippen molar-refractivity contribution in [3.05, 3.63) is 89.9 Å². The molecule has 0 bridgehead atoms. The molecule has 0 atom stereocenters. The van der Waals surface area contributed by atoms with Gasteiger partial charge in [0.2, 0.25) is 5.88 Å². The zero-order valence-corrected chi connectivity index (χ0v) is 19.5. The molecule has 7 heteroatoms. The summed E-state index contributed by atoms with van der Waals surface area (Å²) in [6, 6.07) is 19.9. The van der Waals surface area contributed by atoms with Crippen LogP contribution in [0, 0.1) is 0 Å². The van der Waals surface area contributed by atoms with Gasteiger partial charge in [-0.05, 0) is 36.2 Å². The maximum atomic E-state index is 5.80. The molecule has 3 rings (SSSR count). The van der Waals surface area contributed by atoms with Crippen molar-refractivity contribution in [1.29, 1.82) is 0 Å². The molecular weight excluding hydrogens is 489 g/mol. The zero-order valence-electron chi connectivity index (χ0n) is 17.1. The van der Waals surface area contributed by atoms with Gasteiger partial charge in [0.05, 0.1) is 6.54 Å². The lowest BCUT2D eigenvalue weighted by Gasteiger charge is -2.11. The summed E-state index contributed by atoms with van der Waals surface area (Å²) in [7, 11) is 0. The van der Waals surface area contributed by atoms with Gasteiger partial charge in [0.15, 0.2) is 5.96 Å². The summed E-state index contributed by atoms with van der Waals surface area (Å²) in [4.78, 5) is 13.3. The monoisotopic (exact) mass is 517 g/mol. The van der Waals surface area contributed by atoms with Crippen LogP contribution < -0.4 is 15.4 Å². The number of nitrogens with zero attached hydrogens (tertiary/aromatic N) is 3. The summed E-state index contributed by atoms with van der Waals surface area (Å²) in [6.07, 6.45) is 4.42. The molecule has 0 aliphatic heterocycles. The number of hydrogen-bond acceptors (Lipinski definition) is 4. The Balaban J connectivity index is 0.00000320. The first kappa shape index (κ1) is 23.6. The largest absolute Gasteiger partial charge is 0.473 e. The van der Waals surface area contributed by atoms with Crippen LogP contribution in [-0.2, 0) is 19.6 Å². The van der Waals surface area contributed by atoms with Crippen LogP contribution in [-0.4, -0.2) is 29.0 Å². The highest BCUT2D eigenvalue weighted by molar-refractivity contribution is 14.0. The maximum absolute atomic E-state index is 5.80. The molecule has 1 aromatic carbocycles. The third-order valence-corrected chi connectivity index (χ3v) is 4.19. The summed E-state index contributed by atoms with van der Waals surface area (Å²) in [5.41, 5.74) is 3.22. The van der Waals surface area contributed by atoms with Gasteiger partial charge in [-0.2, -0.15) is 0 Å². The molecule has 0 saturated carbocycles. The fourth-order valence-corrected chi connectivity index (χ4v) is 2.73. The summed E-state index contributed by atoms with van der Waals surface area (Å²) in [5, 5.41) is 6.62. The molecule has 0 radical (unpaired) electrons. The molecule has 6 nitrogen and oxygen atoms in total. The second kappa shape index (κ2) is 13.5. The van der Waals surface area contributed by atoms with Gasteiger partial charge in [-0.25, -0.2) is 9.98 Å². The lowest BCUT2D eigenvalue weighted by atomic mass is 10.2. The van der Waals surface area contributed by atoms with Crippen molar-refractivity contribution < 1.29 is 4.74 Å². The lowest BCUT2D eigenvalue weighted by Crippen LogP contribution is -2.38. The predicted octanol–water partition coefficient (Wildman–Crippen LogP) is 3.97. The first-order chi connectivity index (χ1) is 14.3.